The number of halogens is 6. The molecule has 0 spiro atoms. The molecule has 2 aromatic rings. The Morgan fingerprint density at radius 1 is 0.949 bits per heavy atom. The van der Waals surface area contributed by atoms with Gasteiger partial charge in [-0.25, -0.2) is 0 Å². The Morgan fingerprint density at radius 3 is 2.00 bits per heavy atom. The van der Waals surface area contributed by atoms with Crippen molar-refractivity contribution in [2.24, 2.45) is 5.92 Å². The second kappa shape index (κ2) is 11.5. The molecule has 1 aliphatic heterocycles. The Hall–Kier alpha value is -2.59. The number of carbonyl (C=O) groups excluding carboxylic acids is 1. The average Bonchev–Trinajstić information content (AvgIpc) is 2.90. The van der Waals surface area contributed by atoms with Crippen molar-refractivity contribution in [1.29, 1.82) is 0 Å². The topological polar surface area (TPSA) is 52.6 Å². The summed E-state index contributed by atoms with van der Waals surface area (Å²) in [7, 11) is 0. The lowest BCUT2D eigenvalue weighted by atomic mass is 9.72. The highest BCUT2D eigenvalue weighted by molar-refractivity contribution is 5.84. The van der Waals surface area contributed by atoms with Gasteiger partial charge in [0.2, 0.25) is 5.91 Å². The Bertz CT molecular complexity index is 1090. The Labute approximate surface area is 224 Å². The van der Waals surface area contributed by atoms with Crippen LogP contribution in [-0.2, 0) is 22.7 Å². The van der Waals surface area contributed by atoms with Crippen LogP contribution < -0.4 is 5.32 Å². The van der Waals surface area contributed by atoms with Crippen LogP contribution in [0.5, 0.6) is 0 Å². The summed E-state index contributed by atoms with van der Waals surface area (Å²) >= 11 is 0. The van der Waals surface area contributed by atoms with Gasteiger partial charge in [-0.15, -0.1) is 0 Å². The molecule has 1 heterocycles. The molecule has 1 amide bonds. The first-order chi connectivity index (χ1) is 18.3. The molecule has 2 N–H and O–H groups in total. The number of hydrogen-bond acceptors (Lipinski definition) is 3. The van der Waals surface area contributed by atoms with Gasteiger partial charge in [0.05, 0.1) is 28.7 Å². The fraction of sp³-hybridized carbons (Fsp3) is 0.552. The summed E-state index contributed by atoms with van der Waals surface area (Å²) in [4.78, 5) is 15.8. The molecule has 2 aliphatic rings. The predicted octanol–water partition coefficient (Wildman–Crippen LogP) is 6.49. The van der Waals surface area contributed by atoms with E-state index in [9.17, 15) is 36.2 Å². The van der Waals surface area contributed by atoms with Crippen LogP contribution >= 0.6 is 0 Å². The summed E-state index contributed by atoms with van der Waals surface area (Å²) < 4.78 is 80.4. The largest absolute Gasteiger partial charge is 0.416 e. The number of aliphatic hydroxyl groups excluding tert-OH is 1. The fourth-order valence-electron chi connectivity index (χ4n) is 5.79. The molecule has 1 unspecified atom stereocenters. The van der Waals surface area contributed by atoms with Gasteiger partial charge in [0, 0.05) is 19.6 Å². The van der Waals surface area contributed by atoms with Gasteiger partial charge in [-0.3, -0.25) is 4.79 Å². The van der Waals surface area contributed by atoms with Gasteiger partial charge >= 0.3 is 12.4 Å². The van der Waals surface area contributed by atoms with Crippen LogP contribution in [0, 0.1) is 5.92 Å². The number of nitrogens with zero attached hydrogens (tertiary/aromatic N) is 1. The SMILES string of the molecule is CC(C(=O)NC1(c2ccccc2)CCC(CN2CCC(O)CC2)CC1)c1cc(C(F)(F)F)cc(C(F)(F)F)c1. The maximum Gasteiger partial charge on any atom is 0.416 e. The summed E-state index contributed by atoms with van der Waals surface area (Å²) in [5.74, 6) is -1.45. The number of nitrogens with one attached hydrogen (secondary N) is 1. The van der Waals surface area contributed by atoms with E-state index < -0.39 is 40.8 Å². The van der Waals surface area contributed by atoms with E-state index in [1.54, 1.807) is 0 Å². The van der Waals surface area contributed by atoms with E-state index >= 15 is 0 Å². The first-order valence-electron chi connectivity index (χ1n) is 13.3. The van der Waals surface area contributed by atoms with E-state index in [0.717, 1.165) is 50.9 Å². The highest BCUT2D eigenvalue weighted by atomic mass is 19.4. The molecule has 4 nitrogen and oxygen atoms in total. The molecule has 1 saturated carbocycles. The number of piperidine rings is 1. The number of benzene rings is 2. The van der Waals surface area contributed by atoms with Crippen molar-refractivity contribution >= 4 is 5.91 Å². The third kappa shape index (κ3) is 7.14. The third-order valence-electron chi connectivity index (χ3n) is 8.22. The molecule has 2 aromatic carbocycles. The first kappa shape index (κ1) is 29.4. The Morgan fingerprint density at radius 2 is 1.49 bits per heavy atom. The lowest BCUT2D eigenvalue weighted by Gasteiger charge is -2.43. The molecule has 214 valence electrons. The van der Waals surface area contributed by atoms with Crippen molar-refractivity contribution < 1.29 is 36.2 Å². The Kier molecular flexibility index (Phi) is 8.66. The van der Waals surface area contributed by atoms with Gasteiger partial charge in [0.25, 0.3) is 0 Å². The zero-order valence-electron chi connectivity index (χ0n) is 21.8. The molecular formula is C29H34F6N2O2. The minimum absolute atomic E-state index is 0.0733. The number of aliphatic hydroxyl groups is 1. The lowest BCUT2D eigenvalue weighted by Crippen LogP contribution is -2.50. The van der Waals surface area contributed by atoms with Gasteiger partial charge in [-0.2, -0.15) is 26.3 Å². The maximum atomic E-state index is 13.4. The summed E-state index contributed by atoms with van der Waals surface area (Å²) in [6.07, 6.45) is -5.89. The average molecular weight is 557 g/mol. The first-order valence-corrected chi connectivity index (χ1v) is 13.3. The zero-order chi connectivity index (χ0) is 28.4. The number of hydrogen-bond donors (Lipinski definition) is 2. The smallest absolute Gasteiger partial charge is 0.393 e. The van der Waals surface area contributed by atoms with E-state index in [-0.39, 0.29) is 17.7 Å². The second-order valence-corrected chi connectivity index (χ2v) is 11.0. The van der Waals surface area contributed by atoms with Crippen molar-refractivity contribution in [2.75, 3.05) is 19.6 Å². The van der Waals surface area contributed by atoms with Crippen molar-refractivity contribution in [3.05, 3.63) is 70.8 Å². The lowest BCUT2D eigenvalue weighted by molar-refractivity contribution is -0.143. The molecule has 0 bridgehead atoms. The van der Waals surface area contributed by atoms with Crippen LogP contribution in [-0.4, -0.2) is 41.7 Å². The van der Waals surface area contributed by atoms with Crippen LogP contribution in [0.4, 0.5) is 26.3 Å². The minimum Gasteiger partial charge on any atom is -0.393 e. The maximum absolute atomic E-state index is 13.4. The molecule has 0 aromatic heterocycles. The van der Waals surface area contributed by atoms with Crippen molar-refractivity contribution in [2.45, 2.75) is 75.4 Å². The molecular weight excluding hydrogens is 522 g/mol. The van der Waals surface area contributed by atoms with Gasteiger partial charge in [0.1, 0.15) is 0 Å². The number of rotatable bonds is 6. The van der Waals surface area contributed by atoms with Gasteiger partial charge in [-0.1, -0.05) is 30.3 Å². The number of likely N-dealkylation sites (tertiary alicyclic amines) is 1. The van der Waals surface area contributed by atoms with Crippen LogP contribution in [0.2, 0.25) is 0 Å². The van der Waals surface area contributed by atoms with Gasteiger partial charge in [0.15, 0.2) is 0 Å². The molecule has 1 atom stereocenters. The highest BCUT2D eigenvalue weighted by Crippen LogP contribution is 2.42. The standard InChI is InChI=1S/C29H34F6N2O2/c1-19(21-15-23(28(30,31)32)17-24(16-21)29(33,34)35)26(39)36-27(22-5-3-2-4-6-22)11-7-20(8-12-27)18-37-13-9-25(38)10-14-37/h2-6,15-17,19-20,25,38H,7-14,18H2,1H3,(H,36,39). The summed E-state index contributed by atoms with van der Waals surface area (Å²) in [6.45, 7) is 3.91. The van der Waals surface area contributed by atoms with Crippen LogP contribution in [0.3, 0.4) is 0 Å². The molecule has 0 radical (unpaired) electrons. The van der Waals surface area contributed by atoms with E-state index in [1.807, 2.05) is 30.3 Å². The third-order valence-corrected chi connectivity index (χ3v) is 8.22. The molecule has 39 heavy (non-hydrogen) atoms. The van der Waals surface area contributed by atoms with Crippen LogP contribution in [0.25, 0.3) is 0 Å². The normalized spacial score (nSPS) is 24.4. The van der Waals surface area contributed by atoms with Gasteiger partial charge in [-0.05, 0) is 80.7 Å². The number of carbonyl (C=O) groups is 1. The molecule has 2 fully saturated rings. The second-order valence-electron chi connectivity index (χ2n) is 11.0. The van der Waals surface area contributed by atoms with Crippen molar-refractivity contribution in [3.63, 3.8) is 0 Å². The predicted molar refractivity (Wildman–Crippen MR) is 135 cm³/mol. The molecule has 10 heteroatoms. The molecule has 1 aliphatic carbocycles. The van der Waals surface area contributed by atoms with Crippen LogP contribution in [0.1, 0.15) is 73.6 Å². The Balaban J connectivity index is 1.54. The molecule has 1 saturated heterocycles. The fourth-order valence-corrected chi connectivity index (χ4v) is 5.79. The molecule has 4 rings (SSSR count). The summed E-state index contributed by atoms with van der Waals surface area (Å²) in [5, 5.41) is 12.8. The van der Waals surface area contributed by atoms with Crippen molar-refractivity contribution in [3.8, 4) is 0 Å². The van der Waals surface area contributed by atoms with E-state index in [1.165, 1.54) is 6.92 Å². The number of amides is 1. The van der Waals surface area contributed by atoms with Gasteiger partial charge < -0.3 is 15.3 Å². The van der Waals surface area contributed by atoms with E-state index in [0.29, 0.717) is 30.9 Å². The zero-order valence-corrected chi connectivity index (χ0v) is 21.8. The minimum atomic E-state index is -4.98. The van der Waals surface area contributed by atoms with E-state index in [4.69, 9.17) is 0 Å². The van der Waals surface area contributed by atoms with Crippen molar-refractivity contribution in [1.82, 2.24) is 10.2 Å². The van der Waals surface area contributed by atoms with Crippen LogP contribution in [0.15, 0.2) is 48.5 Å². The quantitative estimate of drug-likeness (QED) is 0.400. The summed E-state index contributed by atoms with van der Waals surface area (Å²) in [5.41, 5.74) is -3.11. The number of alkyl halides is 6. The van der Waals surface area contributed by atoms with E-state index in [2.05, 4.69) is 10.2 Å². The highest BCUT2D eigenvalue weighted by Gasteiger charge is 2.41. The monoisotopic (exact) mass is 556 g/mol. The summed E-state index contributed by atoms with van der Waals surface area (Å²) in [6, 6.07) is 10.7.